The number of hydrogen-bond donors (Lipinski definition) is 1. The zero-order chi connectivity index (χ0) is 14.8. The Morgan fingerprint density at radius 1 is 1.30 bits per heavy atom. The van der Waals surface area contributed by atoms with Gasteiger partial charge in [0.25, 0.3) is 0 Å². The van der Waals surface area contributed by atoms with E-state index in [4.69, 9.17) is 0 Å². The zero-order valence-electron chi connectivity index (χ0n) is 13.6. The van der Waals surface area contributed by atoms with Gasteiger partial charge < -0.3 is 10.2 Å². The molecule has 20 heavy (non-hydrogen) atoms. The van der Waals surface area contributed by atoms with Crippen molar-refractivity contribution in [2.24, 2.45) is 5.92 Å². The van der Waals surface area contributed by atoms with Crippen molar-refractivity contribution in [2.45, 2.75) is 65.6 Å². The number of aromatic nitrogens is 1. The van der Waals surface area contributed by atoms with E-state index in [2.05, 4.69) is 62.0 Å². The number of hydrogen-bond acceptors (Lipinski definition) is 3. The van der Waals surface area contributed by atoms with Crippen LogP contribution in [0.4, 0.5) is 5.82 Å². The Balaban J connectivity index is 2.00. The molecule has 3 nitrogen and oxygen atoms in total. The van der Waals surface area contributed by atoms with Gasteiger partial charge in [-0.25, -0.2) is 4.98 Å². The molecule has 3 heteroatoms. The van der Waals surface area contributed by atoms with Gasteiger partial charge in [-0.05, 0) is 58.1 Å². The molecule has 0 amide bonds. The highest BCUT2D eigenvalue weighted by Crippen LogP contribution is 2.27. The second-order valence-electron chi connectivity index (χ2n) is 7.18. The van der Waals surface area contributed by atoms with Crippen LogP contribution in [0.2, 0.25) is 0 Å². The molecule has 1 N–H and O–H groups in total. The van der Waals surface area contributed by atoms with Gasteiger partial charge in [-0.3, -0.25) is 0 Å². The molecule has 1 saturated heterocycles. The number of pyridine rings is 1. The van der Waals surface area contributed by atoms with E-state index >= 15 is 0 Å². The summed E-state index contributed by atoms with van der Waals surface area (Å²) in [7, 11) is 0. The third-order valence-corrected chi connectivity index (χ3v) is 4.30. The van der Waals surface area contributed by atoms with Crippen molar-refractivity contribution in [3.05, 3.63) is 23.9 Å². The first-order valence-electron chi connectivity index (χ1n) is 7.83. The fourth-order valence-corrected chi connectivity index (χ4v) is 2.72. The summed E-state index contributed by atoms with van der Waals surface area (Å²) in [5, 5.41) is 3.50. The lowest BCUT2D eigenvalue weighted by atomic mass is 9.92. The van der Waals surface area contributed by atoms with Crippen molar-refractivity contribution in [1.29, 1.82) is 0 Å². The Morgan fingerprint density at radius 3 is 2.65 bits per heavy atom. The van der Waals surface area contributed by atoms with Crippen LogP contribution in [-0.2, 0) is 6.54 Å². The monoisotopic (exact) mass is 275 g/mol. The molecule has 2 rings (SSSR count). The summed E-state index contributed by atoms with van der Waals surface area (Å²) >= 11 is 0. The highest BCUT2D eigenvalue weighted by atomic mass is 15.2. The summed E-state index contributed by atoms with van der Waals surface area (Å²) in [6.07, 6.45) is 4.63. The van der Waals surface area contributed by atoms with Gasteiger partial charge in [-0.1, -0.05) is 13.0 Å². The summed E-state index contributed by atoms with van der Waals surface area (Å²) < 4.78 is 0. The van der Waals surface area contributed by atoms with Gasteiger partial charge in [0, 0.05) is 30.9 Å². The summed E-state index contributed by atoms with van der Waals surface area (Å²) in [6.45, 7) is 13.2. The van der Waals surface area contributed by atoms with Crippen LogP contribution in [-0.4, -0.2) is 23.1 Å². The van der Waals surface area contributed by atoms with Crippen LogP contribution >= 0.6 is 0 Å². The molecule has 2 heterocycles. The molecule has 0 radical (unpaired) electrons. The normalized spacial score (nSPS) is 23.9. The maximum atomic E-state index is 4.67. The number of piperidine rings is 1. The fraction of sp³-hybridized carbons (Fsp3) is 0.706. The maximum Gasteiger partial charge on any atom is 0.128 e. The fourth-order valence-electron chi connectivity index (χ4n) is 2.72. The van der Waals surface area contributed by atoms with E-state index in [1.165, 1.54) is 18.4 Å². The minimum absolute atomic E-state index is 0.148. The largest absolute Gasteiger partial charge is 0.354 e. The van der Waals surface area contributed by atoms with Gasteiger partial charge in [0.05, 0.1) is 0 Å². The molecule has 112 valence electrons. The molecular weight excluding hydrogens is 246 g/mol. The number of nitrogens with one attached hydrogen (secondary N) is 1. The van der Waals surface area contributed by atoms with Gasteiger partial charge in [0.15, 0.2) is 0 Å². The molecule has 0 spiro atoms. The van der Waals surface area contributed by atoms with Crippen LogP contribution in [0.3, 0.4) is 0 Å². The maximum absolute atomic E-state index is 4.67. The Kier molecular flexibility index (Phi) is 4.69. The van der Waals surface area contributed by atoms with Crippen LogP contribution in [0, 0.1) is 5.92 Å². The summed E-state index contributed by atoms with van der Waals surface area (Å²) in [4.78, 5) is 7.13. The van der Waals surface area contributed by atoms with Crippen LogP contribution in [0.15, 0.2) is 18.3 Å². The first kappa shape index (κ1) is 15.3. The van der Waals surface area contributed by atoms with Crippen molar-refractivity contribution in [2.75, 3.05) is 11.4 Å². The van der Waals surface area contributed by atoms with Gasteiger partial charge in [-0.15, -0.1) is 0 Å². The molecule has 2 atom stereocenters. The van der Waals surface area contributed by atoms with Crippen LogP contribution in [0.25, 0.3) is 0 Å². The molecule has 1 aromatic heterocycles. The standard InChI is InChI=1S/C17H29N3/c1-13-7-6-10-20(14(13)2)16-9-8-15(11-18-16)12-19-17(3,4)5/h8-9,11,13-14,19H,6-7,10,12H2,1-5H3. The third-order valence-electron chi connectivity index (χ3n) is 4.30. The lowest BCUT2D eigenvalue weighted by Crippen LogP contribution is -2.42. The quantitative estimate of drug-likeness (QED) is 0.913. The first-order valence-corrected chi connectivity index (χ1v) is 7.83. The highest BCUT2D eigenvalue weighted by Gasteiger charge is 2.25. The van der Waals surface area contributed by atoms with Gasteiger partial charge in [-0.2, -0.15) is 0 Å². The Labute approximate surface area is 123 Å². The predicted molar refractivity (Wildman–Crippen MR) is 86.0 cm³/mol. The molecule has 1 aliphatic heterocycles. The Bertz CT molecular complexity index is 419. The van der Waals surface area contributed by atoms with Crippen molar-refractivity contribution in [1.82, 2.24) is 10.3 Å². The predicted octanol–water partition coefficient (Wildman–Crippen LogP) is 3.59. The zero-order valence-corrected chi connectivity index (χ0v) is 13.6. The molecule has 0 aromatic carbocycles. The molecule has 0 saturated carbocycles. The molecule has 1 aromatic rings. The van der Waals surface area contributed by atoms with Crippen molar-refractivity contribution < 1.29 is 0 Å². The molecule has 1 aliphatic rings. The van der Waals surface area contributed by atoms with Gasteiger partial charge in [0.2, 0.25) is 0 Å². The van der Waals surface area contributed by atoms with E-state index in [9.17, 15) is 0 Å². The highest BCUT2D eigenvalue weighted by molar-refractivity contribution is 5.41. The summed E-state index contributed by atoms with van der Waals surface area (Å²) in [5.74, 6) is 1.89. The average molecular weight is 275 g/mol. The second kappa shape index (κ2) is 6.13. The van der Waals surface area contributed by atoms with E-state index in [0.29, 0.717) is 6.04 Å². The molecular formula is C17H29N3. The number of rotatable bonds is 3. The average Bonchev–Trinajstić information content (AvgIpc) is 2.40. The van der Waals surface area contributed by atoms with Crippen molar-refractivity contribution in [3.8, 4) is 0 Å². The van der Waals surface area contributed by atoms with Gasteiger partial charge >= 0.3 is 0 Å². The lowest BCUT2D eigenvalue weighted by Gasteiger charge is -2.38. The van der Waals surface area contributed by atoms with Crippen LogP contribution in [0.1, 0.15) is 53.0 Å². The summed E-state index contributed by atoms with van der Waals surface area (Å²) in [5.41, 5.74) is 1.40. The molecule has 1 fully saturated rings. The number of anilines is 1. The van der Waals surface area contributed by atoms with E-state index in [0.717, 1.165) is 24.8 Å². The van der Waals surface area contributed by atoms with Crippen molar-refractivity contribution in [3.63, 3.8) is 0 Å². The van der Waals surface area contributed by atoms with E-state index < -0.39 is 0 Å². The Morgan fingerprint density at radius 2 is 2.05 bits per heavy atom. The topological polar surface area (TPSA) is 28.2 Å². The van der Waals surface area contributed by atoms with E-state index in [1.54, 1.807) is 0 Å². The van der Waals surface area contributed by atoms with Crippen LogP contribution < -0.4 is 10.2 Å². The minimum Gasteiger partial charge on any atom is -0.354 e. The van der Waals surface area contributed by atoms with Crippen LogP contribution in [0.5, 0.6) is 0 Å². The van der Waals surface area contributed by atoms with Crippen molar-refractivity contribution >= 4 is 5.82 Å². The summed E-state index contributed by atoms with van der Waals surface area (Å²) in [6, 6.07) is 4.97. The first-order chi connectivity index (χ1) is 9.37. The minimum atomic E-state index is 0.148. The van der Waals surface area contributed by atoms with Gasteiger partial charge in [0.1, 0.15) is 5.82 Å². The molecule has 2 unspecified atom stereocenters. The van der Waals surface area contributed by atoms with E-state index in [-0.39, 0.29) is 5.54 Å². The number of nitrogens with zero attached hydrogens (tertiary/aromatic N) is 2. The second-order valence-corrected chi connectivity index (χ2v) is 7.18. The Hall–Kier alpha value is -1.09. The molecule has 0 aliphatic carbocycles. The lowest BCUT2D eigenvalue weighted by molar-refractivity contribution is 0.361. The van der Waals surface area contributed by atoms with E-state index in [1.807, 2.05) is 6.20 Å². The third kappa shape index (κ3) is 3.95. The smallest absolute Gasteiger partial charge is 0.128 e. The molecule has 0 bridgehead atoms. The SMILES string of the molecule is CC1CCCN(c2ccc(CNC(C)(C)C)cn2)C1C.